The van der Waals surface area contributed by atoms with Crippen molar-refractivity contribution in [2.24, 2.45) is 5.73 Å². The van der Waals surface area contributed by atoms with Crippen molar-refractivity contribution >= 4 is 0 Å². The van der Waals surface area contributed by atoms with Crippen molar-refractivity contribution in [3.8, 4) is 5.75 Å². The minimum atomic E-state index is -3.65. The van der Waals surface area contributed by atoms with Crippen molar-refractivity contribution in [1.29, 1.82) is 0 Å². The highest BCUT2D eigenvalue weighted by Gasteiger charge is 2.40. The summed E-state index contributed by atoms with van der Waals surface area (Å²) in [5, 5.41) is 9.13. The fourth-order valence-electron chi connectivity index (χ4n) is 1.03. The van der Waals surface area contributed by atoms with Crippen molar-refractivity contribution in [2.75, 3.05) is 6.54 Å². The highest BCUT2D eigenvalue weighted by molar-refractivity contribution is 5.34. The maximum Gasteiger partial charge on any atom is 0.294 e. The van der Waals surface area contributed by atoms with Crippen LogP contribution in [0.25, 0.3) is 0 Å². The molecule has 78 valence electrons. The number of alkyl halides is 3. The first kappa shape index (κ1) is 10.8. The maximum atomic E-state index is 13.2. The lowest BCUT2D eigenvalue weighted by molar-refractivity contribution is -0.0658. The summed E-state index contributed by atoms with van der Waals surface area (Å²) >= 11 is 0. The zero-order valence-corrected chi connectivity index (χ0v) is 7.25. The van der Waals surface area contributed by atoms with Crippen LogP contribution in [0.1, 0.15) is 11.7 Å². The second-order valence-electron chi connectivity index (χ2n) is 2.89. The van der Waals surface area contributed by atoms with Crippen LogP contribution in [-0.4, -0.2) is 17.6 Å². The molecule has 1 aromatic carbocycles. The fraction of sp³-hybridized carbons (Fsp3) is 0.333. The summed E-state index contributed by atoms with van der Waals surface area (Å²) < 4.78 is 38.8. The van der Waals surface area contributed by atoms with Crippen LogP contribution >= 0.6 is 0 Å². The van der Waals surface area contributed by atoms with E-state index in [-0.39, 0.29) is 0 Å². The van der Waals surface area contributed by atoms with E-state index < -0.39 is 30.0 Å². The second kappa shape index (κ2) is 3.88. The van der Waals surface area contributed by atoms with Crippen molar-refractivity contribution in [3.05, 3.63) is 29.8 Å². The van der Waals surface area contributed by atoms with Gasteiger partial charge in [0.15, 0.2) is 6.17 Å². The van der Waals surface area contributed by atoms with E-state index in [0.29, 0.717) is 0 Å². The first-order chi connectivity index (χ1) is 6.49. The molecule has 0 aliphatic heterocycles. The van der Waals surface area contributed by atoms with E-state index in [9.17, 15) is 13.2 Å². The number of phenolic OH excluding ortho intramolecular Hbond substituents is 1. The molecule has 0 saturated carbocycles. The molecule has 1 unspecified atom stereocenters. The molecule has 2 nitrogen and oxygen atoms in total. The van der Waals surface area contributed by atoms with Gasteiger partial charge in [-0.05, 0) is 6.07 Å². The van der Waals surface area contributed by atoms with Crippen molar-refractivity contribution in [1.82, 2.24) is 0 Å². The minimum Gasteiger partial charge on any atom is -0.508 e. The molecule has 0 heterocycles. The lowest BCUT2D eigenvalue weighted by Crippen LogP contribution is -2.32. The van der Waals surface area contributed by atoms with Crippen molar-refractivity contribution < 1.29 is 18.3 Å². The molecule has 1 rings (SSSR count). The molecule has 0 saturated heterocycles. The summed E-state index contributed by atoms with van der Waals surface area (Å²) in [5.41, 5.74) is 4.28. The van der Waals surface area contributed by atoms with Gasteiger partial charge in [-0.15, -0.1) is 0 Å². The van der Waals surface area contributed by atoms with E-state index in [1.54, 1.807) is 0 Å². The van der Waals surface area contributed by atoms with Crippen LogP contribution in [0.15, 0.2) is 24.3 Å². The Hall–Kier alpha value is -1.23. The third-order valence-corrected chi connectivity index (χ3v) is 1.85. The molecule has 0 amide bonds. The number of hydrogen-bond acceptors (Lipinski definition) is 2. The molecule has 1 atom stereocenters. The van der Waals surface area contributed by atoms with Crippen molar-refractivity contribution in [3.63, 3.8) is 0 Å². The first-order valence-corrected chi connectivity index (χ1v) is 3.99. The number of benzene rings is 1. The predicted molar refractivity (Wildman–Crippen MR) is 46.0 cm³/mol. The monoisotopic (exact) mass is 205 g/mol. The van der Waals surface area contributed by atoms with Gasteiger partial charge in [0.2, 0.25) is 0 Å². The first-order valence-electron chi connectivity index (χ1n) is 3.99. The highest BCUT2D eigenvalue weighted by atomic mass is 19.3. The second-order valence-corrected chi connectivity index (χ2v) is 2.89. The molecular formula is C9H10F3NO. The molecular weight excluding hydrogens is 195 g/mol. The van der Waals surface area contributed by atoms with E-state index in [1.807, 2.05) is 0 Å². The van der Waals surface area contributed by atoms with Gasteiger partial charge < -0.3 is 10.8 Å². The average Bonchev–Trinajstić information content (AvgIpc) is 2.17. The van der Waals surface area contributed by atoms with E-state index in [1.165, 1.54) is 12.1 Å². The highest BCUT2D eigenvalue weighted by Crippen LogP contribution is 2.37. The number of nitrogens with two attached hydrogens (primary N) is 1. The van der Waals surface area contributed by atoms with Crippen LogP contribution in [0.4, 0.5) is 13.2 Å². The summed E-state index contributed by atoms with van der Waals surface area (Å²) in [4.78, 5) is 0. The third kappa shape index (κ3) is 1.98. The standard InChI is InChI=1S/C9H10F3NO/c10-8(9(11,12)5-13)6-3-1-2-4-7(6)14/h1-4,8,14H,5,13H2. The number of aromatic hydroxyl groups is 1. The predicted octanol–water partition coefficient (Wildman–Crippen LogP) is 2.00. The van der Waals surface area contributed by atoms with Gasteiger partial charge in [0, 0.05) is 5.56 Å². The summed E-state index contributed by atoms with van der Waals surface area (Å²) in [6.07, 6.45) is -2.58. The SMILES string of the molecule is NCC(F)(F)C(F)c1ccccc1O. The Morgan fingerprint density at radius 3 is 2.43 bits per heavy atom. The molecule has 0 spiro atoms. The van der Waals surface area contributed by atoms with E-state index in [4.69, 9.17) is 10.8 Å². The minimum absolute atomic E-state index is 0.442. The normalized spacial score (nSPS) is 14.0. The van der Waals surface area contributed by atoms with E-state index >= 15 is 0 Å². The molecule has 0 aromatic heterocycles. The Morgan fingerprint density at radius 2 is 1.93 bits per heavy atom. The zero-order valence-electron chi connectivity index (χ0n) is 7.25. The molecule has 0 bridgehead atoms. The smallest absolute Gasteiger partial charge is 0.294 e. The molecule has 14 heavy (non-hydrogen) atoms. The average molecular weight is 205 g/mol. The zero-order chi connectivity index (χ0) is 10.8. The number of hydrogen-bond donors (Lipinski definition) is 2. The number of para-hydroxylation sites is 1. The van der Waals surface area contributed by atoms with Crippen LogP contribution in [0.5, 0.6) is 5.75 Å². The molecule has 3 N–H and O–H groups in total. The number of phenols is 1. The lowest BCUT2D eigenvalue weighted by Gasteiger charge is -2.19. The Morgan fingerprint density at radius 1 is 1.36 bits per heavy atom. The molecule has 5 heteroatoms. The molecule has 0 aliphatic carbocycles. The molecule has 0 fully saturated rings. The molecule has 0 radical (unpaired) electrons. The quantitative estimate of drug-likeness (QED) is 0.792. The van der Waals surface area contributed by atoms with Crippen LogP contribution in [0, 0.1) is 0 Å². The van der Waals surface area contributed by atoms with E-state index in [2.05, 4.69) is 0 Å². The number of rotatable bonds is 3. The summed E-state index contributed by atoms with van der Waals surface area (Å²) in [6.45, 7) is -1.09. The Labute approximate surface area is 79.2 Å². The Kier molecular flexibility index (Phi) is 3.00. The van der Waals surface area contributed by atoms with Gasteiger partial charge in [0.1, 0.15) is 5.75 Å². The van der Waals surface area contributed by atoms with Crippen LogP contribution in [0.2, 0.25) is 0 Å². The maximum absolute atomic E-state index is 13.2. The van der Waals surface area contributed by atoms with Gasteiger partial charge in [0.25, 0.3) is 5.92 Å². The summed E-state index contributed by atoms with van der Waals surface area (Å²) in [7, 11) is 0. The third-order valence-electron chi connectivity index (χ3n) is 1.85. The molecule has 0 aliphatic rings. The summed E-state index contributed by atoms with van der Waals surface area (Å²) in [5.74, 6) is -4.15. The van der Waals surface area contributed by atoms with E-state index in [0.717, 1.165) is 12.1 Å². The summed E-state index contributed by atoms with van der Waals surface area (Å²) in [6, 6.07) is 5.04. The van der Waals surface area contributed by atoms with Gasteiger partial charge in [0.05, 0.1) is 6.54 Å². The van der Waals surface area contributed by atoms with Crippen molar-refractivity contribution in [2.45, 2.75) is 12.1 Å². The largest absolute Gasteiger partial charge is 0.508 e. The fourth-order valence-corrected chi connectivity index (χ4v) is 1.03. The lowest BCUT2D eigenvalue weighted by atomic mass is 10.0. The molecule has 1 aromatic rings. The Bertz CT molecular complexity index is 317. The van der Waals surface area contributed by atoms with Crippen LogP contribution in [0.3, 0.4) is 0 Å². The Balaban J connectivity index is 3.00. The topological polar surface area (TPSA) is 46.2 Å². The van der Waals surface area contributed by atoms with Crippen LogP contribution < -0.4 is 5.73 Å². The van der Waals surface area contributed by atoms with Gasteiger partial charge in [-0.2, -0.15) is 0 Å². The van der Waals surface area contributed by atoms with Gasteiger partial charge in [-0.25, -0.2) is 13.2 Å². The van der Waals surface area contributed by atoms with Gasteiger partial charge in [-0.3, -0.25) is 0 Å². The van der Waals surface area contributed by atoms with Gasteiger partial charge in [-0.1, -0.05) is 18.2 Å². The van der Waals surface area contributed by atoms with Crippen LogP contribution in [-0.2, 0) is 0 Å². The number of halogens is 3. The van der Waals surface area contributed by atoms with Gasteiger partial charge >= 0.3 is 0 Å².